The SMILES string of the molecule is CC(NC(=O)c1ccc(F)c(C(F)(F)F)c1)C1CCCNC1. The molecule has 1 amide bonds. The average Bonchev–Trinajstić information content (AvgIpc) is 2.47. The molecule has 2 rings (SSSR count). The highest BCUT2D eigenvalue weighted by Crippen LogP contribution is 2.31. The van der Waals surface area contributed by atoms with Gasteiger partial charge in [0.15, 0.2) is 0 Å². The van der Waals surface area contributed by atoms with Gasteiger partial charge in [-0.2, -0.15) is 13.2 Å². The van der Waals surface area contributed by atoms with Gasteiger partial charge in [-0.25, -0.2) is 4.39 Å². The van der Waals surface area contributed by atoms with Crippen LogP contribution in [-0.4, -0.2) is 25.0 Å². The molecule has 2 unspecified atom stereocenters. The molecule has 0 saturated carbocycles. The maximum absolute atomic E-state index is 13.2. The highest BCUT2D eigenvalue weighted by molar-refractivity contribution is 5.94. The van der Waals surface area contributed by atoms with Crippen LogP contribution in [0.3, 0.4) is 0 Å². The van der Waals surface area contributed by atoms with E-state index < -0.39 is 23.5 Å². The lowest BCUT2D eigenvalue weighted by molar-refractivity contribution is -0.140. The Bertz CT molecular complexity index is 539. The van der Waals surface area contributed by atoms with Gasteiger partial charge in [-0.3, -0.25) is 4.79 Å². The molecule has 7 heteroatoms. The van der Waals surface area contributed by atoms with Crippen LogP contribution in [0.2, 0.25) is 0 Å². The van der Waals surface area contributed by atoms with Crippen LogP contribution in [0, 0.1) is 11.7 Å². The van der Waals surface area contributed by atoms with Crippen LogP contribution in [0.1, 0.15) is 35.7 Å². The van der Waals surface area contributed by atoms with E-state index in [-0.39, 0.29) is 17.5 Å². The molecule has 122 valence electrons. The monoisotopic (exact) mass is 318 g/mol. The van der Waals surface area contributed by atoms with Gasteiger partial charge in [-0.1, -0.05) is 0 Å². The molecule has 0 aromatic heterocycles. The lowest BCUT2D eigenvalue weighted by Crippen LogP contribution is -2.44. The average molecular weight is 318 g/mol. The first-order valence-corrected chi connectivity index (χ1v) is 7.17. The summed E-state index contributed by atoms with van der Waals surface area (Å²) in [7, 11) is 0. The van der Waals surface area contributed by atoms with Crippen LogP contribution in [-0.2, 0) is 6.18 Å². The van der Waals surface area contributed by atoms with Gasteiger partial charge in [0.2, 0.25) is 0 Å². The number of nitrogens with one attached hydrogen (secondary N) is 2. The molecule has 1 heterocycles. The highest BCUT2D eigenvalue weighted by Gasteiger charge is 2.34. The number of piperidine rings is 1. The summed E-state index contributed by atoms with van der Waals surface area (Å²) in [5.41, 5.74) is -1.61. The van der Waals surface area contributed by atoms with Crippen LogP contribution >= 0.6 is 0 Å². The molecule has 2 N–H and O–H groups in total. The maximum Gasteiger partial charge on any atom is 0.419 e. The third-order valence-electron chi connectivity index (χ3n) is 3.93. The molecule has 0 bridgehead atoms. The van der Waals surface area contributed by atoms with Gasteiger partial charge in [-0.15, -0.1) is 0 Å². The largest absolute Gasteiger partial charge is 0.419 e. The minimum Gasteiger partial charge on any atom is -0.349 e. The predicted molar refractivity (Wildman–Crippen MR) is 73.9 cm³/mol. The van der Waals surface area contributed by atoms with E-state index in [1.807, 2.05) is 6.92 Å². The zero-order valence-corrected chi connectivity index (χ0v) is 12.1. The number of amides is 1. The summed E-state index contributed by atoms with van der Waals surface area (Å²) in [5, 5.41) is 5.91. The Morgan fingerprint density at radius 1 is 1.41 bits per heavy atom. The Morgan fingerprint density at radius 2 is 2.14 bits per heavy atom. The van der Waals surface area contributed by atoms with Gasteiger partial charge >= 0.3 is 6.18 Å². The first kappa shape index (κ1) is 16.7. The first-order chi connectivity index (χ1) is 10.3. The van der Waals surface area contributed by atoms with E-state index >= 15 is 0 Å². The first-order valence-electron chi connectivity index (χ1n) is 7.17. The third kappa shape index (κ3) is 3.97. The van der Waals surface area contributed by atoms with E-state index in [2.05, 4.69) is 10.6 Å². The number of halogens is 4. The highest BCUT2D eigenvalue weighted by atomic mass is 19.4. The Labute approximate surface area is 126 Å². The molecule has 3 nitrogen and oxygen atoms in total. The summed E-state index contributed by atoms with van der Waals surface area (Å²) < 4.78 is 51.2. The second-order valence-corrected chi connectivity index (χ2v) is 5.56. The van der Waals surface area contributed by atoms with Crippen molar-refractivity contribution in [2.45, 2.75) is 32.0 Å². The van der Waals surface area contributed by atoms with E-state index in [0.29, 0.717) is 12.1 Å². The maximum atomic E-state index is 13.2. The lowest BCUT2D eigenvalue weighted by atomic mass is 9.92. The second kappa shape index (κ2) is 6.64. The normalized spacial score (nSPS) is 20.5. The number of rotatable bonds is 3. The number of benzene rings is 1. The summed E-state index contributed by atoms with van der Waals surface area (Å²) in [6.07, 6.45) is -2.87. The Balaban J connectivity index is 2.09. The standard InChI is InChI=1S/C15H18F4N2O/c1-9(11-3-2-6-20-8-11)21-14(22)10-4-5-13(16)12(7-10)15(17,18)19/h4-5,7,9,11,20H,2-3,6,8H2,1H3,(H,21,22). The second-order valence-electron chi connectivity index (χ2n) is 5.56. The molecule has 0 spiro atoms. The fraction of sp³-hybridized carbons (Fsp3) is 0.533. The fourth-order valence-electron chi connectivity index (χ4n) is 2.60. The van der Waals surface area contributed by atoms with Gasteiger partial charge in [-0.05, 0) is 57.0 Å². The van der Waals surface area contributed by atoms with E-state index in [9.17, 15) is 22.4 Å². The van der Waals surface area contributed by atoms with E-state index in [4.69, 9.17) is 0 Å². The van der Waals surface area contributed by atoms with Crippen LogP contribution < -0.4 is 10.6 Å². The number of alkyl halides is 3. The molecule has 1 aliphatic rings. The number of hydrogen-bond acceptors (Lipinski definition) is 2. The fourth-order valence-corrected chi connectivity index (χ4v) is 2.60. The molecule has 1 aromatic rings. The quantitative estimate of drug-likeness (QED) is 0.841. The Hall–Kier alpha value is -1.63. The van der Waals surface area contributed by atoms with E-state index in [1.165, 1.54) is 0 Å². The smallest absolute Gasteiger partial charge is 0.349 e. The van der Waals surface area contributed by atoms with Crippen molar-refractivity contribution in [1.82, 2.24) is 10.6 Å². The molecule has 0 radical (unpaired) electrons. The van der Waals surface area contributed by atoms with E-state index in [1.54, 1.807) is 0 Å². The van der Waals surface area contributed by atoms with Crippen molar-refractivity contribution in [1.29, 1.82) is 0 Å². The number of carbonyl (C=O) groups is 1. The molecule has 1 fully saturated rings. The minimum absolute atomic E-state index is 0.167. The van der Waals surface area contributed by atoms with Crippen molar-refractivity contribution in [2.24, 2.45) is 5.92 Å². The zero-order chi connectivity index (χ0) is 16.3. The molecule has 2 atom stereocenters. The van der Waals surface area contributed by atoms with Crippen molar-refractivity contribution < 1.29 is 22.4 Å². The van der Waals surface area contributed by atoms with Gasteiger partial charge in [0.05, 0.1) is 5.56 Å². The topological polar surface area (TPSA) is 41.1 Å². The van der Waals surface area contributed by atoms with Crippen molar-refractivity contribution in [2.75, 3.05) is 13.1 Å². The van der Waals surface area contributed by atoms with Crippen LogP contribution in [0.25, 0.3) is 0 Å². The molecular formula is C15H18F4N2O. The Morgan fingerprint density at radius 3 is 2.73 bits per heavy atom. The summed E-state index contributed by atoms with van der Waals surface area (Å²) in [5.74, 6) is -1.77. The molecular weight excluding hydrogens is 300 g/mol. The van der Waals surface area contributed by atoms with Crippen molar-refractivity contribution in [3.05, 3.63) is 35.1 Å². The van der Waals surface area contributed by atoms with Crippen LogP contribution in [0.5, 0.6) is 0 Å². The van der Waals surface area contributed by atoms with Gasteiger partial charge in [0.1, 0.15) is 5.82 Å². The minimum atomic E-state index is -4.82. The van der Waals surface area contributed by atoms with Gasteiger partial charge in [0, 0.05) is 11.6 Å². The van der Waals surface area contributed by atoms with Gasteiger partial charge < -0.3 is 10.6 Å². The molecule has 0 aliphatic carbocycles. The summed E-state index contributed by atoms with van der Waals surface area (Å²) in [6, 6.07) is 2.12. The van der Waals surface area contributed by atoms with Gasteiger partial charge in [0.25, 0.3) is 5.91 Å². The Kier molecular flexibility index (Phi) is 5.05. The van der Waals surface area contributed by atoms with Crippen molar-refractivity contribution >= 4 is 5.91 Å². The predicted octanol–water partition coefficient (Wildman–Crippen LogP) is 2.96. The summed E-state index contributed by atoms with van der Waals surface area (Å²) in [6.45, 7) is 3.52. The summed E-state index contributed by atoms with van der Waals surface area (Å²) in [4.78, 5) is 12.1. The number of hydrogen-bond donors (Lipinski definition) is 2. The van der Waals surface area contributed by atoms with Crippen molar-refractivity contribution in [3.63, 3.8) is 0 Å². The zero-order valence-electron chi connectivity index (χ0n) is 12.1. The molecule has 1 aliphatic heterocycles. The lowest BCUT2D eigenvalue weighted by Gasteiger charge is -2.29. The van der Waals surface area contributed by atoms with Crippen molar-refractivity contribution in [3.8, 4) is 0 Å². The van der Waals surface area contributed by atoms with Crippen LogP contribution in [0.4, 0.5) is 17.6 Å². The van der Waals surface area contributed by atoms with E-state index in [0.717, 1.165) is 32.0 Å². The van der Waals surface area contributed by atoms with Crippen LogP contribution in [0.15, 0.2) is 18.2 Å². The molecule has 1 aromatic carbocycles. The molecule has 1 saturated heterocycles. The summed E-state index contributed by atoms with van der Waals surface area (Å²) >= 11 is 0. The molecule has 22 heavy (non-hydrogen) atoms. The number of carbonyl (C=O) groups excluding carboxylic acids is 1. The third-order valence-corrected chi connectivity index (χ3v) is 3.93.